The van der Waals surface area contributed by atoms with Crippen LogP contribution in [0.1, 0.15) is 10.4 Å². The molecule has 4 nitrogen and oxygen atoms in total. The molecule has 0 saturated heterocycles. The molecule has 92 valence electrons. The van der Waals surface area contributed by atoms with Crippen LogP contribution < -0.4 is 0 Å². The first-order chi connectivity index (χ1) is 9.28. The molecule has 0 aliphatic heterocycles. The number of oxazole rings is 1. The first kappa shape index (κ1) is 11.3. The first-order valence-electron chi connectivity index (χ1n) is 5.79. The molecule has 0 aliphatic carbocycles. The Kier molecular flexibility index (Phi) is 2.68. The second-order valence-corrected chi connectivity index (χ2v) is 4.08. The van der Waals surface area contributed by atoms with Crippen LogP contribution in [0.4, 0.5) is 0 Å². The Morgan fingerprint density at radius 1 is 1.16 bits per heavy atom. The summed E-state index contributed by atoms with van der Waals surface area (Å²) < 4.78 is 5.64. The number of hydrogen-bond donors (Lipinski definition) is 1. The first-order valence-corrected chi connectivity index (χ1v) is 5.79. The minimum Gasteiger partial charge on any atom is -0.436 e. The Morgan fingerprint density at radius 2 is 1.95 bits per heavy atom. The highest BCUT2D eigenvalue weighted by Crippen LogP contribution is 2.24. The molecule has 0 amide bonds. The summed E-state index contributed by atoms with van der Waals surface area (Å²) in [4.78, 5) is 15.8. The maximum absolute atomic E-state index is 11.4. The van der Waals surface area contributed by atoms with E-state index in [0.717, 1.165) is 11.8 Å². The number of hydrogen-bond acceptors (Lipinski definition) is 4. The van der Waals surface area contributed by atoms with E-state index in [1.807, 2.05) is 30.3 Å². The minimum absolute atomic E-state index is 0.342. The van der Waals surface area contributed by atoms with Crippen molar-refractivity contribution in [3.05, 3.63) is 54.1 Å². The second-order valence-electron chi connectivity index (χ2n) is 4.08. The van der Waals surface area contributed by atoms with Gasteiger partial charge < -0.3 is 9.83 Å². The number of benzene rings is 2. The fourth-order valence-electron chi connectivity index (χ4n) is 1.87. The summed E-state index contributed by atoms with van der Waals surface area (Å²) in [6, 6.07) is 14.5. The SMILES string of the molecule is N=CC(=O)c1ccc2oc(-c3ccccc3)nc2c1. The predicted molar refractivity (Wildman–Crippen MR) is 72.6 cm³/mol. The number of nitrogens with one attached hydrogen (secondary N) is 1. The van der Waals surface area contributed by atoms with E-state index in [0.29, 0.717) is 22.6 Å². The zero-order chi connectivity index (χ0) is 13.2. The molecule has 3 aromatic rings. The molecule has 1 N–H and O–H groups in total. The van der Waals surface area contributed by atoms with E-state index in [1.54, 1.807) is 18.2 Å². The van der Waals surface area contributed by atoms with E-state index in [-0.39, 0.29) is 5.78 Å². The fourth-order valence-corrected chi connectivity index (χ4v) is 1.87. The molecule has 0 saturated carbocycles. The molecule has 2 aromatic carbocycles. The van der Waals surface area contributed by atoms with Gasteiger partial charge in [0, 0.05) is 11.1 Å². The molecule has 3 rings (SSSR count). The monoisotopic (exact) mass is 250 g/mol. The molecule has 0 spiro atoms. The summed E-state index contributed by atoms with van der Waals surface area (Å²) in [7, 11) is 0. The molecule has 0 aliphatic rings. The topological polar surface area (TPSA) is 67.0 Å². The lowest BCUT2D eigenvalue weighted by Gasteiger charge is -1.92. The van der Waals surface area contributed by atoms with Gasteiger partial charge in [0.05, 0.1) is 6.21 Å². The quantitative estimate of drug-likeness (QED) is 0.572. The van der Waals surface area contributed by atoms with Crippen LogP contribution in [-0.2, 0) is 0 Å². The molecule has 1 aromatic heterocycles. The highest BCUT2D eigenvalue weighted by atomic mass is 16.3. The van der Waals surface area contributed by atoms with Gasteiger partial charge in [-0.1, -0.05) is 18.2 Å². The van der Waals surface area contributed by atoms with Gasteiger partial charge >= 0.3 is 0 Å². The van der Waals surface area contributed by atoms with E-state index < -0.39 is 0 Å². The Bertz CT molecular complexity index is 760. The van der Waals surface area contributed by atoms with Gasteiger partial charge in [0.15, 0.2) is 5.58 Å². The van der Waals surface area contributed by atoms with Crippen LogP contribution in [0.2, 0.25) is 0 Å². The summed E-state index contributed by atoms with van der Waals surface area (Å²) in [5.41, 5.74) is 2.57. The molecular weight excluding hydrogens is 240 g/mol. The van der Waals surface area contributed by atoms with Gasteiger partial charge in [-0.2, -0.15) is 0 Å². The largest absolute Gasteiger partial charge is 0.436 e. The van der Waals surface area contributed by atoms with E-state index in [1.165, 1.54) is 0 Å². The van der Waals surface area contributed by atoms with Crippen molar-refractivity contribution in [3.8, 4) is 11.5 Å². The summed E-state index contributed by atoms with van der Waals surface area (Å²) in [5, 5.41) is 6.98. The maximum atomic E-state index is 11.4. The molecule has 0 bridgehead atoms. The van der Waals surface area contributed by atoms with Gasteiger partial charge in [0.25, 0.3) is 0 Å². The normalized spacial score (nSPS) is 10.5. The van der Waals surface area contributed by atoms with Crippen molar-refractivity contribution in [1.29, 1.82) is 5.41 Å². The van der Waals surface area contributed by atoms with Crippen molar-refractivity contribution in [3.63, 3.8) is 0 Å². The molecule has 0 radical (unpaired) electrons. The molecule has 19 heavy (non-hydrogen) atoms. The van der Waals surface area contributed by atoms with Gasteiger partial charge in [-0.25, -0.2) is 4.98 Å². The van der Waals surface area contributed by atoms with Crippen LogP contribution in [0.5, 0.6) is 0 Å². The van der Waals surface area contributed by atoms with Crippen molar-refractivity contribution in [2.24, 2.45) is 0 Å². The molecular formula is C15H10N2O2. The van der Waals surface area contributed by atoms with Crippen LogP contribution in [0.15, 0.2) is 52.9 Å². The van der Waals surface area contributed by atoms with Gasteiger partial charge in [-0.05, 0) is 30.3 Å². The zero-order valence-electron chi connectivity index (χ0n) is 9.96. The van der Waals surface area contributed by atoms with Crippen LogP contribution in [-0.4, -0.2) is 17.0 Å². The van der Waals surface area contributed by atoms with Crippen LogP contribution in [0.25, 0.3) is 22.6 Å². The lowest BCUT2D eigenvalue weighted by Crippen LogP contribution is -1.98. The number of Topliss-reactive ketones (excluding diaryl/α,β-unsaturated/α-hetero) is 1. The van der Waals surface area contributed by atoms with E-state index in [4.69, 9.17) is 9.83 Å². The minimum atomic E-state index is -0.342. The molecule has 0 unspecified atom stereocenters. The third-order valence-electron chi connectivity index (χ3n) is 2.82. The molecule has 0 fully saturated rings. The van der Waals surface area contributed by atoms with Gasteiger partial charge in [0.2, 0.25) is 11.7 Å². The van der Waals surface area contributed by atoms with E-state index in [9.17, 15) is 4.79 Å². The standard InChI is InChI=1S/C15H10N2O2/c16-9-13(18)11-6-7-14-12(8-11)17-15(19-14)10-4-2-1-3-5-10/h1-9,16H. The number of carbonyl (C=O) groups is 1. The van der Waals surface area contributed by atoms with Crippen molar-refractivity contribution < 1.29 is 9.21 Å². The number of carbonyl (C=O) groups excluding carboxylic acids is 1. The van der Waals surface area contributed by atoms with Gasteiger partial charge in [-0.15, -0.1) is 0 Å². The highest BCUT2D eigenvalue weighted by molar-refractivity contribution is 6.34. The smallest absolute Gasteiger partial charge is 0.227 e. The number of nitrogens with zero attached hydrogens (tertiary/aromatic N) is 1. The lowest BCUT2D eigenvalue weighted by molar-refractivity contribution is 0.107. The van der Waals surface area contributed by atoms with Crippen molar-refractivity contribution in [1.82, 2.24) is 4.98 Å². The highest BCUT2D eigenvalue weighted by Gasteiger charge is 2.10. The number of aromatic nitrogens is 1. The third-order valence-corrected chi connectivity index (χ3v) is 2.82. The summed E-state index contributed by atoms with van der Waals surface area (Å²) in [6.07, 6.45) is 0.791. The number of fused-ring (bicyclic) bond motifs is 1. The second kappa shape index (κ2) is 4.49. The van der Waals surface area contributed by atoms with Crippen molar-refractivity contribution in [2.45, 2.75) is 0 Å². The summed E-state index contributed by atoms with van der Waals surface area (Å²) in [6.45, 7) is 0. The average Bonchev–Trinajstić information content (AvgIpc) is 2.90. The van der Waals surface area contributed by atoms with Crippen LogP contribution >= 0.6 is 0 Å². The van der Waals surface area contributed by atoms with E-state index in [2.05, 4.69) is 4.98 Å². The van der Waals surface area contributed by atoms with E-state index >= 15 is 0 Å². The summed E-state index contributed by atoms with van der Waals surface area (Å²) >= 11 is 0. The molecule has 1 heterocycles. The zero-order valence-corrected chi connectivity index (χ0v) is 9.96. The van der Waals surface area contributed by atoms with Crippen molar-refractivity contribution in [2.75, 3.05) is 0 Å². The lowest BCUT2D eigenvalue weighted by atomic mass is 10.1. The van der Waals surface area contributed by atoms with Crippen LogP contribution in [0.3, 0.4) is 0 Å². The predicted octanol–water partition coefficient (Wildman–Crippen LogP) is 3.33. The van der Waals surface area contributed by atoms with Gasteiger partial charge in [0.1, 0.15) is 5.52 Å². The summed E-state index contributed by atoms with van der Waals surface area (Å²) in [5.74, 6) is 0.182. The Labute approximate surface area is 109 Å². The maximum Gasteiger partial charge on any atom is 0.227 e. The Balaban J connectivity index is 2.11. The molecule has 4 heteroatoms. The number of ketones is 1. The fraction of sp³-hybridized carbons (Fsp3) is 0. The Morgan fingerprint density at radius 3 is 2.68 bits per heavy atom. The van der Waals surface area contributed by atoms with Crippen molar-refractivity contribution >= 4 is 23.1 Å². The van der Waals surface area contributed by atoms with Crippen LogP contribution in [0, 0.1) is 5.41 Å². The third kappa shape index (κ3) is 2.04. The van der Waals surface area contributed by atoms with Gasteiger partial charge in [-0.3, -0.25) is 4.79 Å². The average molecular weight is 250 g/mol. The molecule has 0 atom stereocenters. The Hall–Kier alpha value is -2.75. The number of rotatable bonds is 3.